The molecule has 0 saturated heterocycles. The molecule has 0 radical (unpaired) electrons. The van der Waals surface area contributed by atoms with Gasteiger partial charge in [-0.15, -0.1) is 0 Å². The number of nitrogens with one attached hydrogen (secondary N) is 3. The molecule has 1 saturated carbocycles. The molecule has 1 aliphatic rings. The largest absolute Gasteiger partial charge is 0.342 e. The highest BCUT2D eigenvalue weighted by atomic mass is 16.2. The van der Waals surface area contributed by atoms with Gasteiger partial charge in [0.05, 0.1) is 28.0 Å². The molecule has 3 aromatic heterocycles. The van der Waals surface area contributed by atoms with E-state index < -0.39 is 11.2 Å². The van der Waals surface area contributed by atoms with Crippen molar-refractivity contribution < 1.29 is 4.79 Å². The standard InChI is InChI=1S/C22H22N6O3/c1-11(2)17(18-24-15-5-3-4-6-16(15)25-18)26-20(29)12-9-14-19(23-10-12)28(13-7-8-13)22(31)27-21(14)30/h3-6,9-11,13,17H,7-8H2,1-2H3,(H,24,25)(H,26,29)(H,27,30,31). The number of nitrogens with zero attached hydrogens (tertiary/aromatic N) is 3. The van der Waals surface area contributed by atoms with Crippen LogP contribution in [-0.4, -0.2) is 30.4 Å². The lowest BCUT2D eigenvalue weighted by Gasteiger charge is -2.20. The highest BCUT2D eigenvalue weighted by Crippen LogP contribution is 2.34. The van der Waals surface area contributed by atoms with Gasteiger partial charge in [0.15, 0.2) is 0 Å². The fourth-order valence-corrected chi connectivity index (χ4v) is 3.83. The summed E-state index contributed by atoms with van der Waals surface area (Å²) in [7, 11) is 0. The van der Waals surface area contributed by atoms with Crippen molar-refractivity contribution in [2.24, 2.45) is 5.92 Å². The Morgan fingerprint density at radius 1 is 1.19 bits per heavy atom. The van der Waals surface area contributed by atoms with Crippen LogP contribution in [0.25, 0.3) is 22.1 Å². The summed E-state index contributed by atoms with van der Waals surface area (Å²) in [4.78, 5) is 52.1. The molecule has 9 heteroatoms. The minimum atomic E-state index is -0.545. The molecule has 0 aliphatic heterocycles. The number of benzene rings is 1. The number of aromatic amines is 2. The minimum absolute atomic E-state index is 0.0532. The summed E-state index contributed by atoms with van der Waals surface area (Å²) < 4.78 is 1.50. The van der Waals surface area contributed by atoms with E-state index in [9.17, 15) is 14.4 Å². The normalized spacial score (nSPS) is 14.9. The van der Waals surface area contributed by atoms with Gasteiger partial charge in [-0.2, -0.15) is 0 Å². The molecule has 1 aliphatic carbocycles. The van der Waals surface area contributed by atoms with E-state index in [4.69, 9.17) is 0 Å². The summed E-state index contributed by atoms with van der Waals surface area (Å²) in [6, 6.07) is 8.87. The van der Waals surface area contributed by atoms with Gasteiger partial charge in [0.25, 0.3) is 11.5 Å². The minimum Gasteiger partial charge on any atom is -0.342 e. The van der Waals surface area contributed by atoms with Crippen LogP contribution in [0.15, 0.2) is 46.1 Å². The van der Waals surface area contributed by atoms with E-state index in [0.717, 1.165) is 23.9 Å². The monoisotopic (exact) mass is 418 g/mol. The third kappa shape index (κ3) is 3.41. The Balaban J connectivity index is 1.50. The van der Waals surface area contributed by atoms with Crippen LogP contribution in [0.3, 0.4) is 0 Å². The summed E-state index contributed by atoms with van der Waals surface area (Å²) in [5.74, 6) is 0.372. The number of imidazole rings is 1. The van der Waals surface area contributed by atoms with Crippen molar-refractivity contribution in [3.63, 3.8) is 0 Å². The fraction of sp³-hybridized carbons (Fsp3) is 0.318. The van der Waals surface area contributed by atoms with Crippen molar-refractivity contribution in [2.45, 2.75) is 38.8 Å². The molecule has 4 aromatic rings. The predicted molar refractivity (Wildman–Crippen MR) is 116 cm³/mol. The molecule has 3 heterocycles. The van der Waals surface area contributed by atoms with Gasteiger partial charge in [-0.25, -0.2) is 14.8 Å². The van der Waals surface area contributed by atoms with E-state index in [2.05, 4.69) is 25.3 Å². The molecule has 9 nitrogen and oxygen atoms in total. The average Bonchev–Trinajstić information content (AvgIpc) is 3.48. The first kappa shape index (κ1) is 19.2. The molecule has 1 fully saturated rings. The molecule has 1 amide bonds. The lowest BCUT2D eigenvalue weighted by molar-refractivity contribution is 0.0923. The first-order valence-electron chi connectivity index (χ1n) is 10.3. The summed E-state index contributed by atoms with van der Waals surface area (Å²) in [5, 5.41) is 3.23. The van der Waals surface area contributed by atoms with E-state index in [-0.39, 0.29) is 34.9 Å². The van der Waals surface area contributed by atoms with E-state index in [1.54, 1.807) is 0 Å². The van der Waals surface area contributed by atoms with Crippen LogP contribution in [-0.2, 0) is 0 Å². The Hall–Kier alpha value is -3.75. The first-order chi connectivity index (χ1) is 14.9. The summed E-state index contributed by atoms with van der Waals surface area (Å²) >= 11 is 0. The molecular formula is C22H22N6O3. The summed E-state index contributed by atoms with van der Waals surface area (Å²) in [6.45, 7) is 3.99. The van der Waals surface area contributed by atoms with Crippen molar-refractivity contribution in [3.8, 4) is 0 Å². The highest BCUT2D eigenvalue weighted by molar-refractivity contribution is 5.97. The smallest absolute Gasteiger partial charge is 0.330 e. The number of amides is 1. The van der Waals surface area contributed by atoms with Crippen LogP contribution in [0.2, 0.25) is 0 Å². The predicted octanol–water partition coefficient (Wildman–Crippen LogP) is 2.42. The molecule has 3 N–H and O–H groups in total. The van der Waals surface area contributed by atoms with Crippen molar-refractivity contribution in [3.05, 3.63) is 68.8 Å². The third-order valence-electron chi connectivity index (χ3n) is 5.61. The van der Waals surface area contributed by atoms with Crippen molar-refractivity contribution >= 4 is 28.0 Å². The van der Waals surface area contributed by atoms with E-state index >= 15 is 0 Å². The second-order valence-corrected chi connectivity index (χ2v) is 8.29. The zero-order valence-electron chi connectivity index (χ0n) is 17.2. The molecule has 1 aromatic carbocycles. The number of aromatic nitrogens is 5. The maximum Gasteiger partial charge on any atom is 0.330 e. The van der Waals surface area contributed by atoms with Crippen molar-refractivity contribution in [2.75, 3.05) is 0 Å². The van der Waals surface area contributed by atoms with E-state index in [1.807, 2.05) is 38.1 Å². The molecule has 5 rings (SSSR count). The zero-order valence-corrected chi connectivity index (χ0v) is 17.2. The third-order valence-corrected chi connectivity index (χ3v) is 5.61. The number of H-pyrrole nitrogens is 2. The van der Waals surface area contributed by atoms with Gasteiger partial charge in [-0.1, -0.05) is 26.0 Å². The topological polar surface area (TPSA) is 126 Å². The van der Waals surface area contributed by atoms with Gasteiger partial charge in [-0.05, 0) is 37.0 Å². The average molecular weight is 418 g/mol. The lowest BCUT2D eigenvalue weighted by Crippen LogP contribution is -2.33. The molecular weight excluding hydrogens is 396 g/mol. The Morgan fingerprint density at radius 3 is 2.68 bits per heavy atom. The molecule has 1 atom stereocenters. The Morgan fingerprint density at radius 2 is 1.97 bits per heavy atom. The first-order valence-corrected chi connectivity index (χ1v) is 10.3. The zero-order chi connectivity index (χ0) is 21.7. The Kier molecular flexibility index (Phi) is 4.46. The SMILES string of the molecule is CC(C)C(NC(=O)c1cnc2c(c1)c(=O)[nH]c(=O)n2C1CC1)c1nc2ccccc2[nH]1. The number of para-hydroxylation sites is 2. The van der Waals surface area contributed by atoms with Gasteiger partial charge in [0.1, 0.15) is 11.5 Å². The van der Waals surface area contributed by atoms with E-state index in [1.165, 1.54) is 16.8 Å². The molecule has 0 spiro atoms. The fourth-order valence-electron chi connectivity index (χ4n) is 3.83. The summed E-state index contributed by atoms with van der Waals surface area (Å²) in [6.07, 6.45) is 3.16. The van der Waals surface area contributed by atoms with Crippen LogP contribution in [0.4, 0.5) is 0 Å². The maximum absolute atomic E-state index is 13.0. The highest BCUT2D eigenvalue weighted by Gasteiger charge is 2.28. The number of rotatable bonds is 5. The number of fused-ring (bicyclic) bond motifs is 2. The molecule has 1 unspecified atom stereocenters. The van der Waals surface area contributed by atoms with Crippen molar-refractivity contribution in [1.29, 1.82) is 0 Å². The second-order valence-electron chi connectivity index (χ2n) is 8.29. The van der Waals surface area contributed by atoms with E-state index in [0.29, 0.717) is 11.5 Å². The van der Waals surface area contributed by atoms with Crippen LogP contribution >= 0.6 is 0 Å². The maximum atomic E-state index is 13.0. The number of hydrogen-bond acceptors (Lipinski definition) is 5. The lowest BCUT2D eigenvalue weighted by atomic mass is 10.0. The van der Waals surface area contributed by atoms with Gasteiger partial charge in [0, 0.05) is 12.2 Å². The Labute approximate surface area is 176 Å². The van der Waals surface area contributed by atoms with Gasteiger partial charge < -0.3 is 10.3 Å². The van der Waals surface area contributed by atoms with Crippen LogP contribution < -0.4 is 16.6 Å². The molecule has 158 valence electrons. The summed E-state index contributed by atoms with van der Waals surface area (Å²) in [5.41, 5.74) is 1.28. The molecule has 31 heavy (non-hydrogen) atoms. The van der Waals surface area contributed by atoms with Crippen LogP contribution in [0, 0.1) is 5.92 Å². The van der Waals surface area contributed by atoms with Gasteiger partial charge in [-0.3, -0.25) is 19.1 Å². The number of carbonyl (C=O) groups excluding carboxylic acids is 1. The number of pyridine rings is 1. The quantitative estimate of drug-likeness (QED) is 0.459. The van der Waals surface area contributed by atoms with Gasteiger partial charge in [0.2, 0.25) is 0 Å². The Bertz CT molecular complexity index is 1390. The van der Waals surface area contributed by atoms with Crippen LogP contribution in [0.5, 0.6) is 0 Å². The molecule has 0 bridgehead atoms. The van der Waals surface area contributed by atoms with Crippen molar-refractivity contribution in [1.82, 2.24) is 29.8 Å². The number of hydrogen-bond donors (Lipinski definition) is 3. The number of carbonyl (C=O) groups is 1. The second kappa shape index (κ2) is 7.19. The van der Waals surface area contributed by atoms with Gasteiger partial charge >= 0.3 is 5.69 Å². The van der Waals surface area contributed by atoms with Crippen LogP contribution in [0.1, 0.15) is 55.0 Å².